The molecule has 0 atom stereocenters. The van der Waals surface area contributed by atoms with Crippen LogP contribution in [0.3, 0.4) is 0 Å². The van der Waals surface area contributed by atoms with Crippen molar-refractivity contribution >= 4 is 23.4 Å². The Labute approximate surface area is 108 Å². The van der Waals surface area contributed by atoms with Gasteiger partial charge in [-0.1, -0.05) is 0 Å². The Bertz CT molecular complexity index is 512. The molecular formula is C10H14N6O3. The Morgan fingerprint density at radius 1 is 1.47 bits per heavy atom. The minimum atomic E-state index is -0.547. The summed E-state index contributed by atoms with van der Waals surface area (Å²) in [4.78, 5) is 30.7. The molecule has 0 aromatic carbocycles. The predicted molar refractivity (Wildman–Crippen MR) is 67.2 cm³/mol. The maximum absolute atomic E-state index is 11.1. The molecule has 0 bridgehead atoms. The van der Waals surface area contributed by atoms with Crippen LogP contribution in [0.15, 0.2) is 6.20 Å². The lowest BCUT2D eigenvalue weighted by Gasteiger charge is -2.30. The van der Waals surface area contributed by atoms with E-state index in [0.717, 1.165) is 6.20 Å². The van der Waals surface area contributed by atoms with Gasteiger partial charge in [0.05, 0.1) is 4.92 Å². The van der Waals surface area contributed by atoms with Gasteiger partial charge in [0, 0.05) is 19.0 Å². The molecule has 1 fully saturated rings. The number of hydrogen-bond acceptors (Lipinski definition) is 7. The molecular weight excluding hydrogens is 252 g/mol. The number of carbonyl (C=O) groups excluding carboxylic acids is 1. The summed E-state index contributed by atoms with van der Waals surface area (Å²) in [7, 11) is 0. The van der Waals surface area contributed by atoms with Gasteiger partial charge in [0.15, 0.2) is 0 Å². The molecule has 0 aliphatic carbocycles. The fraction of sp³-hybridized carbons (Fsp3) is 0.500. The van der Waals surface area contributed by atoms with Crippen LogP contribution in [-0.4, -0.2) is 33.9 Å². The molecule has 4 N–H and O–H groups in total. The predicted octanol–water partition coefficient (Wildman–Crippen LogP) is -0.331. The number of nitrogens with zero attached hydrogens (tertiary/aromatic N) is 4. The fourth-order valence-corrected chi connectivity index (χ4v) is 2.12. The Morgan fingerprint density at radius 2 is 2.11 bits per heavy atom. The molecule has 1 saturated heterocycles. The van der Waals surface area contributed by atoms with Gasteiger partial charge < -0.3 is 16.4 Å². The van der Waals surface area contributed by atoms with Gasteiger partial charge in [0.1, 0.15) is 6.20 Å². The van der Waals surface area contributed by atoms with Crippen LogP contribution in [0.1, 0.15) is 12.8 Å². The van der Waals surface area contributed by atoms with Crippen molar-refractivity contribution in [2.75, 3.05) is 23.7 Å². The number of hydrogen-bond donors (Lipinski definition) is 2. The van der Waals surface area contributed by atoms with E-state index in [4.69, 9.17) is 11.5 Å². The minimum absolute atomic E-state index is 0.0161. The third-order valence-electron chi connectivity index (χ3n) is 3.16. The van der Waals surface area contributed by atoms with Crippen LogP contribution >= 0.6 is 0 Å². The Hall–Kier alpha value is -2.45. The molecule has 1 amide bonds. The normalized spacial score (nSPS) is 16.3. The third kappa shape index (κ3) is 2.69. The lowest BCUT2D eigenvalue weighted by molar-refractivity contribution is -0.384. The number of aromatic nitrogens is 2. The van der Waals surface area contributed by atoms with Gasteiger partial charge in [-0.15, -0.1) is 0 Å². The van der Waals surface area contributed by atoms with Crippen LogP contribution in [-0.2, 0) is 4.79 Å². The summed E-state index contributed by atoms with van der Waals surface area (Å²) in [5.74, 6) is -0.344. The molecule has 0 spiro atoms. The Kier molecular flexibility index (Phi) is 3.45. The first-order valence-corrected chi connectivity index (χ1v) is 5.80. The number of primary amides is 1. The van der Waals surface area contributed by atoms with Crippen molar-refractivity contribution in [2.24, 2.45) is 11.7 Å². The van der Waals surface area contributed by atoms with E-state index < -0.39 is 4.92 Å². The second kappa shape index (κ2) is 5.04. The highest BCUT2D eigenvalue weighted by atomic mass is 16.6. The van der Waals surface area contributed by atoms with Gasteiger partial charge in [0.25, 0.3) is 0 Å². The zero-order chi connectivity index (χ0) is 14.0. The zero-order valence-corrected chi connectivity index (χ0v) is 10.2. The molecule has 9 nitrogen and oxygen atoms in total. The Morgan fingerprint density at radius 3 is 2.63 bits per heavy atom. The Balaban J connectivity index is 2.21. The average molecular weight is 266 g/mol. The maximum atomic E-state index is 11.1. The van der Waals surface area contributed by atoms with Crippen molar-refractivity contribution in [1.82, 2.24) is 9.97 Å². The molecule has 19 heavy (non-hydrogen) atoms. The van der Waals surface area contributed by atoms with Crippen molar-refractivity contribution < 1.29 is 9.72 Å². The number of nitro groups is 1. The maximum Gasteiger partial charge on any atom is 0.329 e. The van der Waals surface area contributed by atoms with Crippen LogP contribution < -0.4 is 16.4 Å². The first-order chi connectivity index (χ1) is 8.99. The van der Waals surface area contributed by atoms with Crippen molar-refractivity contribution in [3.63, 3.8) is 0 Å². The van der Waals surface area contributed by atoms with E-state index in [-0.39, 0.29) is 29.3 Å². The number of nitrogens with two attached hydrogens (primary N) is 2. The van der Waals surface area contributed by atoms with E-state index >= 15 is 0 Å². The summed E-state index contributed by atoms with van der Waals surface area (Å²) in [6.45, 7) is 0.954. The van der Waals surface area contributed by atoms with E-state index in [1.54, 1.807) is 4.90 Å². The van der Waals surface area contributed by atoms with E-state index in [9.17, 15) is 14.9 Å². The second-order valence-corrected chi connectivity index (χ2v) is 4.36. The molecule has 1 aromatic heterocycles. The van der Waals surface area contributed by atoms with Crippen molar-refractivity contribution in [3.8, 4) is 0 Å². The quantitative estimate of drug-likeness (QED) is 0.563. The summed E-state index contributed by atoms with van der Waals surface area (Å²) >= 11 is 0. The molecule has 9 heteroatoms. The van der Waals surface area contributed by atoms with Gasteiger partial charge in [0.2, 0.25) is 17.7 Å². The monoisotopic (exact) mass is 266 g/mol. The highest BCUT2D eigenvalue weighted by molar-refractivity contribution is 5.77. The molecule has 2 heterocycles. The number of rotatable bonds is 3. The lowest BCUT2D eigenvalue weighted by atomic mass is 9.96. The van der Waals surface area contributed by atoms with Gasteiger partial charge in [-0.05, 0) is 12.8 Å². The number of carbonyl (C=O) groups is 1. The SMILES string of the molecule is NC(=O)C1CCN(c2nc(N)ncc2[N+](=O)[O-])CC1. The van der Waals surface area contributed by atoms with Crippen LogP contribution in [0.5, 0.6) is 0 Å². The van der Waals surface area contributed by atoms with E-state index in [2.05, 4.69) is 9.97 Å². The molecule has 0 saturated carbocycles. The highest BCUT2D eigenvalue weighted by Gasteiger charge is 2.28. The molecule has 2 rings (SSSR count). The molecule has 0 radical (unpaired) electrons. The average Bonchev–Trinajstić information content (AvgIpc) is 2.38. The van der Waals surface area contributed by atoms with E-state index in [0.29, 0.717) is 25.9 Å². The summed E-state index contributed by atoms with van der Waals surface area (Å²) in [6, 6.07) is 0. The third-order valence-corrected chi connectivity index (χ3v) is 3.16. The zero-order valence-electron chi connectivity index (χ0n) is 10.2. The topological polar surface area (TPSA) is 141 Å². The highest BCUT2D eigenvalue weighted by Crippen LogP contribution is 2.29. The summed E-state index contributed by atoms with van der Waals surface area (Å²) in [5, 5.41) is 10.9. The summed E-state index contributed by atoms with van der Waals surface area (Å²) in [6.07, 6.45) is 2.20. The first kappa shape index (κ1) is 13.0. The fourth-order valence-electron chi connectivity index (χ4n) is 2.12. The van der Waals surface area contributed by atoms with Gasteiger partial charge in [-0.3, -0.25) is 14.9 Å². The van der Waals surface area contributed by atoms with Crippen molar-refractivity contribution in [1.29, 1.82) is 0 Å². The van der Waals surface area contributed by atoms with Crippen LogP contribution in [0.2, 0.25) is 0 Å². The molecule has 1 aromatic rings. The number of amides is 1. The first-order valence-electron chi connectivity index (χ1n) is 5.80. The summed E-state index contributed by atoms with van der Waals surface area (Å²) in [5.41, 5.74) is 10.5. The number of piperidine rings is 1. The van der Waals surface area contributed by atoms with Gasteiger partial charge >= 0.3 is 5.69 Å². The van der Waals surface area contributed by atoms with Gasteiger partial charge in [-0.25, -0.2) is 4.98 Å². The standard InChI is InChI=1S/C10H14N6O3/c11-8(17)6-1-3-15(4-2-6)9-7(16(18)19)5-13-10(12)14-9/h5-6H,1-4H2,(H2,11,17)(H2,12,13,14). The molecule has 102 valence electrons. The second-order valence-electron chi connectivity index (χ2n) is 4.36. The molecule has 1 aliphatic rings. The lowest BCUT2D eigenvalue weighted by Crippen LogP contribution is -2.39. The number of nitrogen functional groups attached to an aromatic ring is 1. The smallest absolute Gasteiger partial charge is 0.329 e. The van der Waals surface area contributed by atoms with Crippen LogP contribution in [0.4, 0.5) is 17.5 Å². The van der Waals surface area contributed by atoms with Crippen LogP contribution in [0, 0.1) is 16.0 Å². The largest absolute Gasteiger partial charge is 0.369 e. The van der Waals surface area contributed by atoms with E-state index in [1.165, 1.54) is 0 Å². The molecule has 1 aliphatic heterocycles. The van der Waals surface area contributed by atoms with Crippen molar-refractivity contribution in [3.05, 3.63) is 16.3 Å². The minimum Gasteiger partial charge on any atom is -0.369 e. The molecule has 0 unspecified atom stereocenters. The number of anilines is 2. The van der Waals surface area contributed by atoms with Gasteiger partial charge in [-0.2, -0.15) is 4.98 Å². The summed E-state index contributed by atoms with van der Waals surface area (Å²) < 4.78 is 0. The van der Waals surface area contributed by atoms with Crippen LogP contribution in [0.25, 0.3) is 0 Å². The van der Waals surface area contributed by atoms with E-state index in [1.807, 2.05) is 0 Å². The van der Waals surface area contributed by atoms with Crippen molar-refractivity contribution in [2.45, 2.75) is 12.8 Å².